The highest BCUT2D eigenvalue weighted by Gasteiger charge is 2.33. The number of hydrogen-bond donors (Lipinski definition) is 2. The van der Waals surface area contributed by atoms with E-state index in [0.29, 0.717) is 18.1 Å². The van der Waals surface area contributed by atoms with Crippen molar-refractivity contribution in [3.63, 3.8) is 0 Å². The molecule has 7 heteroatoms. The van der Waals surface area contributed by atoms with Crippen LogP contribution in [0.2, 0.25) is 0 Å². The number of nitrogens with zero attached hydrogens (tertiary/aromatic N) is 1. The van der Waals surface area contributed by atoms with Gasteiger partial charge in [-0.15, -0.1) is 24.0 Å². The lowest BCUT2D eigenvalue weighted by Crippen LogP contribution is -2.43. The standard InChI is InChI=1S/C24H39N3O3.HI/c1-25-23(27-19-24(12-15-28-2)10-3-4-11-24)26-17-20-6-5-7-21(16-20)18-30-22-8-13-29-14-9-22;/h5-7,16,22H,3-4,8-15,17-19H2,1-2H3,(H2,25,26,27);1H. The maximum absolute atomic E-state index is 6.06. The summed E-state index contributed by atoms with van der Waals surface area (Å²) in [7, 11) is 3.63. The summed E-state index contributed by atoms with van der Waals surface area (Å²) in [5.74, 6) is 0.863. The van der Waals surface area contributed by atoms with Gasteiger partial charge in [-0.3, -0.25) is 4.99 Å². The van der Waals surface area contributed by atoms with Crippen molar-refractivity contribution < 1.29 is 14.2 Å². The molecular formula is C24H40IN3O3. The Bertz CT molecular complexity index is 659. The van der Waals surface area contributed by atoms with Gasteiger partial charge in [0.25, 0.3) is 0 Å². The number of ether oxygens (including phenoxy) is 3. The Morgan fingerprint density at radius 2 is 1.90 bits per heavy atom. The average Bonchev–Trinajstić information content (AvgIpc) is 3.26. The van der Waals surface area contributed by atoms with Crippen molar-refractivity contribution in [2.75, 3.05) is 40.5 Å². The van der Waals surface area contributed by atoms with Gasteiger partial charge in [0.2, 0.25) is 0 Å². The number of guanidine groups is 1. The van der Waals surface area contributed by atoms with Crippen molar-refractivity contribution in [2.45, 2.75) is 64.2 Å². The first-order chi connectivity index (χ1) is 14.7. The molecule has 1 saturated carbocycles. The van der Waals surface area contributed by atoms with E-state index < -0.39 is 0 Å². The van der Waals surface area contributed by atoms with Gasteiger partial charge in [-0.25, -0.2) is 0 Å². The minimum Gasteiger partial charge on any atom is -0.385 e. The SMILES string of the molecule is CN=C(NCc1cccc(COC2CCOCC2)c1)NCC1(CCOC)CCCC1.I. The van der Waals surface area contributed by atoms with E-state index in [1.165, 1.54) is 36.8 Å². The van der Waals surface area contributed by atoms with Gasteiger partial charge in [-0.05, 0) is 48.6 Å². The van der Waals surface area contributed by atoms with E-state index in [1.54, 1.807) is 7.11 Å². The molecule has 0 radical (unpaired) electrons. The summed E-state index contributed by atoms with van der Waals surface area (Å²) in [6.45, 7) is 4.82. The van der Waals surface area contributed by atoms with Gasteiger partial charge >= 0.3 is 0 Å². The number of halogens is 1. The topological polar surface area (TPSA) is 64.1 Å². The van der Waals surface area contributed by atoms with Crippen LogP contribution < -0.4 is 10.6 Å². The molecule has 1 aliphatic heterocycles. The van der Waals surface area contributed by atoms with Crippen molar-refractivity contribution in [1.29, 1.82) is 0 Å². The second kappa shape index (κ2) is 14.3. The van der Waals surface area contributed by atoms with Crippen molar-refractivity contribution in [1.82, 2.24) is 10.6 Å². The van der Waals surface area contributed by atoms with Gasteiger partial charge in [0.1, 0.15) is 0 Å². The quantitative estimate of drug-likeness (QED) is 0.262. The summed E-state index contributed by atoms with van der Waals surface area (Å²) in [4.78, 5) is 4.42. The van der Waals surface area contributed by atoms with Gasteiger partial charge in [0.05, 0.1) is 12.7 Å². The Labute approximate surface area is 204 Å². The van der Waals surface area contributed by atoms with Gasteiger partial charge in [-0.1, -0.05) is 37.1 Å². The van der Waals surface area contributed by atoms with Gasteiger partial charge < -0.3 is 24.8 Å². The maximum Gasteiger partial charge on any atom is 0.191 e. The Hall–Kier alpha value is -0.900. The van der Waals surface area contributed by atoms with Crippen LogP contribution in [-0.2, 0) is 27.4 Å². The molecule has 31 heavy (non-hydrogen) atoms. The second-order valence-electron chi connectivity index (χ2n) is 8.67. The summed E-state index contributed by atoms with van der Waals surface area (Å²) >= 11 is 0. The Morgan fingerprint density at radius 1 is 1.16 bits per heavy atom. The van der Waals surface area contributed by atoms with Crippen LogP contribution in [0.3, 0.4) is 0 Å². The van der Waals surface area contributed by atoms with Gasteiger partial charge in [0, 0.05) is 47.1 Å². The molecule has 1 heterocycles. The van der Waals surface area contributed by atoms with E-state index in [1.807, 2.05) is 7.05 Å². The number of aliphatic imine (C=N–C) groups is 1. The van der Waals surface area contributed by atoms with E-state index in [-0.39, 0.29) is 24.0 Å². The third-order valence-corrected chi connectivity index (χ3v) is 6.46. The van der Waals surface area contributed by atoms with Crippen LogP contribution in [0.4, 0.5) is 0 Å². The second-order valence-corrected chi connectivity index (χ2v) is 8.67. The Morgan fingerprint density at radius 3 is 2.61 bits per heavy atom. The smallest absolute Gasteiger partial charge is 0.191 e. The first-order valence-corrected chi connectivity index (χ1v) is 11.4. The van der Waals surface area contributed by atoms with Crippen LogP contribution >= 0.6 is 24.0 Å². The summed E-state index contributed by atoms with van der Waals surface area (Å²) < 4.78 is 16.8. The highest BCUT2D eigenvalue weighted by molar-refractivity contribution is 14.0. The molecule has 1 aromatic rings. The highest BCUT2D eigenvalue weighted by Crippen LogP contribution is 2.40. The largest absolute Gasteiger partial charge is 0.385 e. The molecule has 0 amide bonds. The van der Waals surface area contributed by atoms with Crippen LogP contribution in [0.15, 0.2) is 29.3 Å². The van der Waals surface area contributed by atoms with E-state index in [2.05, 4.69) is 39.9 Å². The molecule has 176 valence electrons. The predicted octanol–water partition coefficient (Wildman–Crippen LogP) is 4.26. The molecule has 1 aliphatic carbocycles. The summed E-state index contributed by atoms with van der Waals surface area (Å²) in [6.07, 6.45) is 8.61. The monoisotopic (exact) mass is 545 g/mol. The van der Waals surface area contributed by atoms with E-state index in [4.69, 9.17) is 14.2 Å². The third-order valence-electron chi connectivity index (χ3n) is 6.46. The lowest BCUT2D eigenvalue weighted by atomic mass is 9.83. The van der Waals surface area contributed by atoms with Gasteiger partial charge in [-0.2, -0.15) is 0 Å². The Kier molecular flexibility index (Phi) is 12.1. The molecule has 2 aliphatic rings. The summed E-state index contributed by atoms with van der Waals surface area (Å²) in [5.41, 5.74) is 2.80. The zero-order valence-electron chi connectivity index (χ0n) is 19.2. The molecule has 0 atom stereocenters. The van der Waals surface area contributed by atoms with Crippen molar-refractivity contribution in [2.24, 2.45) is 10.4 Å². The number of methoxy groups -OCH3 is 1. The lowest BCUT2D eigenvalue weighted by Gasteiger charge is -2.30. The number of hydrogen-bond acceptors (Lipinski definition) is 4. The fourth-order valence-electron chi connectivity index (χ4n) is 4.52. The fourth-order valence-corrected chi connectivity index (χ4v) is 4.52. The molecule has 1 aromatic carbocycles. The average molecular weight is 546 g/mol. The van der Waals surface area contributed by atoms with Crippen LogP contribution in [0, 0.1) is 5.41 Å². The predicted molar refractivity (Wildman–Crippen MR) is 136 cm³/mol. The maximum atomic E-state index is 6.06. The van der Waals surface area contributed by atoms with Crippen LogP contribution in [-0.4, -0.2) is 52.6 Å². The summed E-state index contributed by atoms with van der Waals surface area (Å²) in [5, 5.41) is 7.03. The zero-order valence-corrected chi connectivity index (χ0v) is 21.5. The van der Waals surface area contributed by atoms with Crippen LogP contribution in [0.5, 0.6) is 0 Å². The van der Waals surface area contributed by atoms with E-state index >= 15 is 0 Å². The van der Waals surface area contributed by atoms with E-state index in [0.717, 1.165) is 58.1 Å². The first kappa shape index (κ1) is 26.4. The number of rotatable bonds is 10. The fraction of sp³-hybridized carbons (Fsp3) is 0.708. The van der Waals surface area contributed by atoms with Crippen molar-refractivity contribution in [3.05, 3.63) is 35.4 Å². The lowest BCUT2D eigenvalue weighted by molar-refractivity contribution is -0.0390. The summed E-state index contributed by atoms with van der Waals surface area (Å²) in [6, 6.07) is 8.61. The zero-order chi connectivity index (χ0) is 21.1. The molecular weight excluding hydrogens is 505 g/mol. The minimum absolute atomic E-state index is 0. The molecule has 0 bridgehead atoms. The van der Waals surface area contributed by atoms with Crippen LogP contribution in [0.25, 0.3) is 0 Å². The molecule has 3 rings (SSSR count). The Balaban J connectivity index is 0.00000341. The molecule has 2 N–H and O–H groups in total. The minimum atomic E-state index is 0. The molecule has 2 fully saturated rings. The molecule has 6 nitrogen and oxygen atoms in total. The highest BCUT2D eigenvalue weighted by atomic mass is 127. The number of benzene rings is 1. The molecule has 0 spiro atoms. The first-order valence-electron chi connectivity index (χ1n) is 11.4. The van der Waals surface area contributed by atoms with Crippen molar-refractivity contribution in [3.8, 4) is 0 Å². The molecule has 0 unspecified atom stereocenters. The third kappa shape index (κ3) is 8.86. The molecule has 0 aromatic heterocycles. The van der Waals surface area contributed by atoms with Crippen molar-refractivity contribution >= 4 is 29.9 Å². The molecule has 1 saturated heterocycles. The van der Waals surface area contributed by atoms with Gasteiger partial charge in [0.15, 0.2) is 5.96 Å². The van der Waals surface area contributed by atoms with Crippen LogP contribution in [0.1, 0.15) is 56.1 Å². The number of nitrogens with one attached hydrogen (secondary N) is 2. The van der Waals surface area contributed by atoms with E-state index in [9.17, 15) is 0 Å². The normalized spacial score (nSPS) is 19.1.